The van der Waals surface area contributed by atoms with E-state index in [0.717, 1.165) is 31.4 Å². The zero-order valence-corrected chi connectivity index (χ0v) is 21.4. The fourth-order valence-electron chi connectivity index (χ4n) is 5.80. The SMILES string of the molecule is COc1ccc2ncc(F)c(CC(OC)C34CCC(NCc5ccc6c(n5)OC(=O)CN6)(CC3)CO4)c2n1. The van der Waals surface area contributed by atoms with Crippen LogP contribution in [0.5, 0.6) is 11.8 Å². The first-order valence-electron chi connectivity index (χ1n) is 12.8. The fourth-order valence-corrected chi connectivity index (χ4v) is 5.80. The molecule has 3 aromatic heterocycles. The van der Waals surface area contributed by atoms with Gasteiger partial charge in [0, 0.05) is 37.2 Å². The molecule has 0 amide bonds. The molecule has 10 nitrogen and oxygen atoms in total. The minimum absolute atomic E-state index is 0.145. The van der Waals surface area contributed by atoms with E-state index in [1.54, 1.807) is 19.2 Å². The molecule has 0 radical (unpaired) electrons. The lowest BCUT2D eigenvalue weighted by Crippen LogP contribution is -2.65. The quantitative estimate of drug-likeness (QED) is 0.427. The number of esters is 1. The zero-order valence-electron chi connectivity index (χ0n) is 21.4. The molecule has 6 heterocycles. The second-order valence-corrected chi connectivity index (χ2v) is 10.2. The van der Waals surface area contributed by atoms with E-state index in [0.29, 0.717) is 53.6 Å². The van der Waals surface area contributed by atoms with E-state index in [4.69, 9.17) is 18.9 Å². The summed E-state index contributed by atoms with van der Waals surface area (Å²) in [6.07, 6.45) is 4.53. The second kappa shape index (κ2) is 9.72. The van der Waals surface area contributed by atoms with Crippen LogP contribution in [0.15, 0.2) is 30.5 Å². The molecule has 2 N–H and O–H groups in total. The van der Waals surface area contributed by atoms with E-state index >= 15 is 4.39 Å². The van der Waals surface area contributed by atoms with Crippen LogP contribution in [-0.2, 0) is 27.2 Å². The summed E-state index contributed by atoms with van der Waals surface area (Å²) in [7, 11) is 3.18. The Morgan fingerprint density at radius 3 is 2.74 bits per heavy atom. The maximum Gasteiger partial charge on any atom is 0.332 e. The molecule has 38 heavy (non-hydrogen) atoms. The topological polar surface area (TPSA) is 117 Å². The highest BCUT2D eigenvalue weighted by atomic mass is 19.1. The van der Waals surface area contributed by atoms with Crippen molar-refractivity contribution in [1.82, 2.24) is 20.3 Å². The molecule has 200 valence electrons. The van der Waals surface area contributed by atoms with Crippen molar-refractivity contribution in [2.75, 3.05) is 32.7 Å². The molecule has 1 unspecified atom stereocenters. The van der Waals surface area contributed by atoms with E-state index in [-0.39, 0.29) is 24.2 Å². The number of halogens is 1. The maximum absolute atomic E-state index is 15.0. The molecule has 1 saturated carbocycles. The van der Waals surface area contributed by atoms with Gasteiger partial charge in [0.2, 0.25) is 11.8 Å². The number of anilines is 1. The Morgan fingerprint density at radius 1 is 1.16 bits per heavy atom. The van der Waals surface area contributed by atoms with Crippen molar-refractivity contribution in [1.29, 1.82) is 0 Å². The molecule has 2 bridgehead atoms. The molecule has 3 aliphatic heterocycles. The lowest BCUT2D eigenvalue weighted by Gasteiger charge is -2.55. The molecule has 4 aliphatic rings. The standard InChI is InChI=1S/C27H30FN5O5/c1-35-21(11-17-18(28)13-29-19-5-6-22(36-2)33-24(17)19)27-9-7-26(8-10-27,15-37-27)31-12-16-3-4-20-25(32-16)38-23(34)14-30-20/h3-6,13,21,30-31H,7-12,14-15H2,1-2H3. The van der Waals surface area contributed by atoms with Gasteiger partial charge in [-0.15, -0.1) is 0 Å². The Balaban J connectivity index is 1.15. The van der Waals surface area contributed by atoms with Crippen LogP contribution in [0.4, 0.5) is 10.1 Å². The van der Waals surface area contributed by atoms with Gasteiger partial charge in [-0.3, -0.25) is 4.98 Å². The average molecular weight is 524 g/mol. The Bertz CT molecular complexity index is 1360. The molecule has 3 aromatic rings. The minimum atomic E-state index is -0.511. The number of methoxy groups -OCH3 is 2. The molecule has 7 rings (SSSR count). The van der Waals surface area contributed by atoms with Gasteiger partial charge < -0.3 is 29.6 Å². The molecule has 11 heteroatoms. The predicted octanol–water partition coefficient (Wildman–Crippen LogP) is 2.93. The number of ether oxygens (including phenoxy) is 4. The van der Waals surface area contributed by atoms with Crippen molar-refractivity contribution in [3.63, 3.8) is 0 Å². The van der Waals surface area contributed by atoms with Crippen molar-refractivity contribution in [3.05, 3.63) is 47.5 Å². The number of aromatic nitrogens is 3. The number of fused-ring (bicyclic) bond motifs is 5. The van der Waals surface area contributed by atoms with Gasteiger partial charge >= 0.3 is 5.97 Å². The Hall–Kier alpha value is -3.41. The first-order valence-corrected chi connectivity index (χ1v) is 12.8. The summed E-state index contributed by atoms with van der Waals surface area (Å²) in [4.78, 5) is 24.7. The van der Waals surface area contributed by atoms with Gasteiger partial charge in [-0.2, -0.15) is 0 Å². The number of pyridine rings is 3. The first kappa shape index (κ1) is 24.9. The molecule has 0 spiro atoms. The lowest BCUT2D eigenvalue weighted by molar-refractivity contribution is -0.214. The van der Waals surface area contributed by atoms with Gasteiger partial charge in [0.15, 0.2) is 0 Å². The molecule has 2 saturated heterocycles. The number of hydrogen-bond acceptors (Lipinski definition) is 10. The van der Waals surface area contributed by atoms with Gasteiger partial charge in [0.1, 0.15) is 12.4 Å². The zero-order chi connectivity index (χ0) is 26.3. The normalized spacial score (nSPS) is 25.0. The van der Waals surface area contributed by atoms with Crippen LogP contribution in [-0.4, -0.2) is 65.5 Å². The summed E-state index contributed by atoms with van der Waals surface area (Å²) in [5.41, 5.74) is 2.34. The van der Waals surface area contributed by atoms with Crippen LogP contribution in [0.2, 0.25) is 0 Å². The summed E-state index contributed by atoms with van der Waals surface area (Å²) in [5.74, 6) is -0.0480. The number of carbonyl (C=O) groups is 1. The van der Waals surface area contributed by atoms with Crippen LogP contribution >= 0.6 is 0 Å². The van der Waals surface area contributed by atoms with Crippen molar-refractivity contribution >= 4 is 22.7 Å². The third-order valence-corrected chi connectivity index (χ3v) is 8.09. The number of nitrogens with one attached hydrogen (secondary N) is 2. The molecule has 1 atom stereocenters. The van der Waals surface area contributed by atoms with Crippen LogP contribution in [0.3, 0.4) is 0 Å². The van der Waals surface area contributed by atoms with Crippen molar-refractivity contribution in [2.24, 2.45) is 0 Å². The maximum atomic E-state index is 15.0. The highest BCUT2D eigenvalue weighted by Gasteiger charge is 2.53. The van der Waals surface area contributed by atoms with Crippen LogP contribution in [0, 0.1) is 5.82 Å². The molecule has 3 fully saturated rings. The second-order valence-electron chi connectivity index (χ2n) is 10.2. The number of carbonyl (C=O) groups excluding carboxylic acids is 1. The van der Waals surface area contributed by atoms with E-state index in [1.165, 1.54) is 13.3 Å². The predicted molar refractivity (Wildman–Crippen MR) is 136 cm³/mol. The molecule has 0 aromatic carbocycles. The Morgan fingerprint density at radius 2 is 2.00 bits per heavy atom. The lowest BCUT2D eigenvalue weighted by atomic mass is 9.68. The first-order chi connectivity index (χ1) is 18.4. The highest BCUT2D eigenvalue weighted by molar-refractivity contribution is 5.82. The van der Waals surface area contributed by atoms with Gasteiger partial charge in [-0.05, 0) is 43.9 Å². The average Bonchev–Trinajstić information content (AvgIpc) is 2.96. The van der Waals surface area contributed by atoms with Gasteiger partial charge in [-0.1, -0.05) is 0 Å². The van der Waals surface area contributed by atoms with E-state index in [1.807, 2.05) is 12.1 Å². The number of nitrogens with zero attached hydrogens (tertiary/aromatic N) is 3. The van der Waals surface area contributed by atoms with Gasteiger partial charge in [0.05, 0.1) is 54.0 Å². The third kappa shape index (κ3) is 4.44. The third-order valence-electron chi connectivity index (χ3n) is 8.09. The van der Waals surface area contributed by atoms with Crippen molar-refractivity contribution in [2.45, 2.75) is 55.9 Å². The van der Waals surface area contributed by atoms with Crippen molar-refractivity contribution in [3.8, 4) is 11.8 Å². The Labute approximate surface area is 219 Å². The van der Waals surface area contributed by atoms with Gasteiger partial charge in [0.25, 0.3) is 0 Å². The smallest absolute Gasteiger partial charge is 0.332 e. The van der Waals surface area contributed by atoms with Crippen LogP contribution < -0.4 is 20.1 Å². The number of rotatable bonds is 8. The largest absolute Gasteiger partial charge is 0.481 e. The molecule has 1 aliphatic carbocycles. The fraction of sp³-hybridized carbons (Fsp3) is 0.481. The summed E-state index contributed by atoms with van der Waals surface area (Å²) in [6, 6.07) is 7.29. The van der Waals surface area contributed by atoms with E-state index in [9.17, 15) is 4.79 Å². The summed E-state index contributed by atoms with van der Waals surface area (Å²) < 4.78 is 38.0. The van der Waals surface area contributed by atoms with Crippen LogP contribution in [0.1, 0.15) is 36.9 Å². The summed E-state index contributed by atoms with van der Waals surface area (Å²) in [6.45, 7) is 1.18. The summed E-state index contributed by atoms with van der Waals surface area (Å²) in [5, 5.41) is 6.65. The van der Waals surface area contributed by atoms with Crippen molar-refractivity contribution < 1.29 is 28.1 Å². The minimum Gasteiger partial charge on any atom is -0.481 e. The highest BCUT2D eigenvalue weighted by Crippen LogP contribution is 2.47. The van der Waals surface area contributed by atoms with Gasteiger partial charge in [-0.25, -0.2) is 19.2 Å². The van der Waals surface area contributed by atoms with E-state index < -0.39 is 11.4 Å². The monoisotopic (exact) mass is 523 g/mol. The van der Waals surface area contributed by atoms with Crippen LogP contribution in [0.25, 0.3) is 11.0 Å². The van der Waals surface area contributed by atoms with E-state index in [2.05, 4.69) is 25.6 Å². The summed E-state index contributed by atoms with van der Waals surface area (Å²) >= 11 is 0. The molecular formula is C27H30FN5O5. The number of hydrogen-bond donors (Lipinski definition) is 2. The Kier molecular flexibility index (Phi) is 6.37. The molecular weight excluding hydrogens is 493 g/mol.